The first-order valence-corrected chi connectivity index (χ1v) is 9.15. The Hall–Kier alpha value is -1.76. The van der Waals surface area contributed by atoms with E-state index in [9.17, 15) is 4.79 Å². The Morgan fingerprint density at radius 2 is 2.25 bits per heavy atom. The zero-order chi connectivity index (χ0) is 16.8. The van der Waals surface area contributed by atoms with Crippen molar-refractivity contribution in [1.82, 2.24) is 15.2 Å². The number of carbonyl (C=O) groups excluding carboxylic acids is 1. The Morgan fingerprint density at radius 1 is 1.42 bits per heavy atom. The zero-order valence-electron chi connectivity index (χ0n) is 13.9. The molecule has 0 spiro atoms. The Bertz CT molecular complexity index is 659. The topological polar surface area (TPSA) is 54.5 Å². The maximum Gasteiger partial charge on any atom is 0.250 e. The number of aromatic nitrogens is 1. The highest BCUT2D eigenvalue weighted by Crippen LogP contribution is 2.11. The van der Waals surface area contributed by atoms with E-state index >= 15 is 0 Å². The number of rotatable bonds is 6. The van der Waals surface area contributed by atoms with Crippen LogP contribution in [0.2, 0.25) is 0 Å². The first-order valence-electron chi connectivity index (χ1n) is 8.27. The number of thiazole rings is 1. The minimum Gasteiger partial charge on any atom is -0.366 e. The van der Waals surface area contributed by atoms with Gasteiger partial charge in [-0.1, -0.05) is 30.3 Å². The number of nitrogens with one attached hydrogen (secondary N) is 1. The van der Waals surface area contributed by atoms with Crippen molar-refractivity contribution in [2.45, 2.75) is 26.0 Å². The van der Waals surface area contributed by atoms with Gasteiger partial charge < -0.3 is 10.1 Å². The number of benzene rings is 1. The fraction of sp³-hybridized carbons (Fsp3) is 0.444. The van der Waals surface area contributed by atoms with Crippen LogP contribution in [0, 0.1) is 6.92 Å². The van der Waals surface area contributed by atoms with Crippen molar-refractivity contribution < 1.29 is 9.53 Å². The average molecular weight is 345 g/mol. The van der Waals surface area contributed by atoms with Gasteiger partial charge in [-0.15, -0.1) is 11.3 Å². The van der Waals surface area contributed by atoms with Crippen LogP contribution in [0.3, 0.4) is 0 Å². The number of ether oxygens (including phenoxy) is 1. The molecule has 1 atom stereocenters. The molecule has 24 heavy (non-hydrogen) atoms. The second-order valence-electron chi connectivity index (χ2n) is 6.00. The lowest BCUT2D eigenvalue weighted by Crippen LogP contribution is -2.49. The monoisotopic (exact) mass is 345 g/mol. The summed E-state index contributed by atoms with van der Waals surface area (Å²) in [5.74, 6) is -0.0268. The summed E-state index contributed by atoms with van der Waals surface area (Å²) in [5.41, 5.74) is 2.30. The number of hydrogen-bond donors (Lipinski definition) is 1. The van der Waals surface area contributed by atoms with Crippen LogP contribution in [-0.2, 0) is 22.5 Å². The van der Waals surface area contributed by atoms with E-state index in [1.807, 2.05) is 30.5 Å². The average Bonchev–Trinajstić information content (AvgIpc) is 3.01. The van der Waals surface area contributed by atoms with E-state index in [2.05, 4.69) is 27.3 Å². The van der Waals surface area contributed by atoms with Gasteiger partial charge in [0.2, 0.25) is 5.91 Å². The maximum absolute atomic E-state index is 12.3. The third-order valence-corrected chi connectivity index (χ3v) is 5.02. The number of nitrogens with zero attached hydrogens (tertiary/aromatic N) is 2. The Labute approximate surface area is 146 Å². The Kier molecular flexibility index (Phi) is 5.96. The molecule has 1 aliphatic heterocycles. The fourth-order valence-corrected chi connectivity index (χ4v) is 3.55. The molecule has 3 rings (SSSR count). The molecular weight excluding hydrogens is 322 g/mol. The Morgan fingerprint density at radius 3 is 3.00 bits per heavy atom. The second-order valence-corrected chi connectivity index (χ2v) is 6.95. The minimum absolute atomic E-state index is 0.0268. The number of aryl methyl sites for hydroxylation is 1. The van der Waals surface area contributed by atoms with Gasteiger partial charge in [0, 0.05) is 43.7 Å². The van der Waals surface area contributed by atoms with Crippen LogP contribution in [0.5, 0.6) is 0 Å². The smallest absolute Gasteiger partial charge is 0.250 e. The lowest BCUT2D eigenvalue weighted by molar-refractivity contribution is -0.138. The fourth-order valence-electron chi connectivity index (χ4n) is 2.77. The third kappa shape index (κ3) is 4.87. The summed E-state index contributed by atoms with van der Waals surface area (Å²) in [7, 11) is 0. The zero-order valence-corrected chi connectivity index (χ0v) is 14.7. The molecule has 1 fully saturated rings. The van der Waals surface area contributed by atoms with Crippen molar-refractivity contribution in [3.05, 3.63) is 52.0 Å². The van der Waals surface area contributed by atoms with Crippen LogP contribution in [0.4, 0.5) is 0 Å². The summed E-state index contributed by atoms with van der Waals surface area (Å²) in [6.07, 6.45) is 0.380. The standard InChI is InChI=1S/C18H23N3O2S/c1-14-13-24-17(20-14)7-8-19-18(22)16-12-21(9-10-23-16)11-15-5-3-2-4-6-15/h2-6,13,16H,7-12H2,1H3,(H,19,22)/t16-/m1/s1. The predicted octanol–water partition coefficient (Wildman–Crippen LogP) is 2.01. The molecular formula is C18H23N3O2S. The molecule has 2 aromatic rings. The van der Waals surface area contributed by atoms with Gasteiger partial charge in [-0.3, -0.25) is 9.69 Å². The highest BCUT2D eigenvalue weighted by atomic mass is 32.1. The molecule has 0 saturated carbocycles. The van der Waals surface area contributed by atoms with Gasteiger partial charge in [-0.25, -0.2) is 4.98 Å². The summed E-state index contributed by atoms with van der Waals surface area (Å²) in [6.45, 7) is 5.53. The molecule has 1 aromatic carbocycles. The van der Waals surface area contributed by atoms with Gasteiger partial charge in [0.15, 0.2) is 0 Å². The normalized spacial score (nSPS) is 18.5. The molecule has 0 unspecified atom stereocenters. The molecule has 0 aliphatic carbocycles. The second kappa shape index (κ2) is 8.37. The maximum atomic E-state index is 12.3. The van der Waals surface area contributed by atoms with Gasteiger partial charge >= 0.3 is 0 Å². The SMILES string of the molecule is Cc1csc(CCNC(=O)[C@H]2CN(Cc3ccccc3)CCO2)n1. The van der Waals surface area contributed by atoms with Crippen LogP contribution in [-0.4, -0.2) is 48.1 Å². The lowest BCUT2D eigenvalue weighted by atomic mass is 10.2. The molecule has 2 heterocycles. The number of carbonyl (C=O) groups is 1. The summed E-state index contributed by atoms with van der Waals surface area (Å²) in [6, 6.07) is 10.3. The highest BCUT2D eigenvalue weighted by molar-refractivity contribution is 7.09. The molecule has 1 aromatic heterocycles. The summed E-state index contributed by atoms with van der Waals surface area (Å²) in [5, 5.41) is 6.06. The van der Waals surface area contributed by atoms with Gasteiger partial charge in [0.25, 0.3) is 0 Å². The van der Waals surface area contributed by atoms with Crippen LogP contribution in [0.15, 0.2) is 35.7 Å². The van der Waals surface area contributed by atoms with Gasteiger partial charge in [-0.05, 0) is 12.5 Å². The highest BCUT2D eigenvalue weighted by Gasteiger charge is 2.26. The van der Waals surface area contributed by atoms with Crippen LogP contribution >= 0.6 is 11.3 Å². The first kappa shape index (κ1) is 17.1. The molecule has 1 saturated heterocycles. The summed E-state index contributed by atoms with van der Waals surface area (Å²) in [4.78, 5) is 19.0. The lowest BCUT2D eigenvalue weighted by Gasteiger charge is -2.32. The van der Waals surface area contributed by atoms with Crippen molar-refractivity contribution >= 4 is 17.2 Å². The number of hydrogen-bond acceptors (Lipinski definition) is 5. The van der Waals surface area contributed by atoms with Gasteiger partial charge in [0.05, 0.1) is 11.6 Å². The largest absolute Gasteiger partial charge is 0.366 e. The van der Waals surface area contributed by atoms with Crippen LogP contribution in [0.25, 0.3) is 0 Å². The summed E-state index contributed by atoms with van der Waals surface area (Å²) >= 11 is 1.64. The van der Waals surface area contributed by atoms with Crippen molar-refractivity contribution in [3.8, 4) is 0 Å². The van der Waals surface area contributed by atoms with Crippen LogP contribution < -0.4 is 5.32 Å². The number of morpholine rings is 1. The molecule has 5 nitrogen and oxygen atoms in total. The molecule has 1 amide bonds. The first-order chi connectivity index (χ1) is 11.7. The molecule has 6 heteroatoms. The van der Waals surface area contributed by atoms with E-state index in [0.717, 1.165) is 30.2 Å². The molecule has 128 valence electrons. The van der Waals surface area contributed by atoms with E-state index in [1.165, 1.54) is 5.56 Å². The van der Waals surface area contributed by atoms with Crippen LogP contribution in [0.1, 0.15) is 16.3 Å². The van der Waals surface area contributed by atoms with Crippen molar-refractivity contribution in [1.29, 1.82) is 0 Å². The predicted molar refractivity (Wildman–Crippen MR) is 95.0 cm³/mol. The van der Waals surface area contributed by atoms with Crippen molar-refractivity contribution in [2.75, 3.05) is 26.2 Å². The van der Waals surface area contributed by atoms with Gasteiger partial charge in [-0.2, -0.15) is 0 Å². The van der Waals surface area contributed by atoms with E-state index < -0.39 is 0 Å². The van der Waals surface area contributed by atoms with E-state index in [1.54, 1.807) is 11.3 Å². The van der Waals surface area contributed by atoms with E-state index in [0.29, 0.717) is 19.7 Å². The summed E-state index contributed by atoms with van der Waals surface area (Å²) < 4.78 is 5.65. The molecule has 0 radical (unpaired) electrons. The van der Waals surface area contributed by atoms with Gasteiger partial charge in [0.1, 0.15) is 6.10 Å². The van der Waals surface area contributed by atoms with Crippen molar-refractivity contribution in [2.24, 2.45) is 0 Å². The molecule has 0 bridgehead atoms. The molecule has 1 N–H and O–H groups in total. The number of amides is 1. The molecule has 1 aliphatic rings. The van der Waals surface area contributed by atoms with E-state index in [-0.39, 0.29) is 12.0 Å². The quantitative estimate of drug-likeness (QED) is 0.870. The third-order valence-electron chi connectivity index (χ3n) is 4.00. The van der Waals surface area contributed by atoms with Crippen molar-refractivity contribution in [3.63, 3.8) is 0 Å². The Balaban J connectivity index is 1.44. The minimum atomic E-state index is -0.388. The van der Waals surface area contributed by atoms with E-state index in [4.69, 9.17) is 4.74 Å².